The monoisotopic (exact) mass is 366 g/mol. The van der Waals surface area contributed by atoms with E-state index in [0.29, 0.717) is 12.2 Å². The summed E-state index contributed by atoms with van der Waals surface area (Å²) in [5.74, 6) is -0.190. The van der Waals surface area contributed by atoms with Gasteiger partial charge in [-0.05, 0) is 37.1 Å². The Balaban J connectivity index is 2.47. The molecule has 1 aromatic heterocycles. The second-order valence-electron chi connectivity index (χ2n) is 6.26. The predicted octanol–water partition coefficient (Wildman–Crippen LogP) is 0.768. The molecule has 1 aromatic carbocycles. The third-order valence-electron chi connectivity index (χ3n) is 4.49. The first kappa shape index (κ1) is 20.3. The summed E-state index contributed by atoms with van der Waals surface area (Å²) >= 11 is 0. The molecule has 27 heavy (non-hydrogen) atoms. The summed E-state index contributed by atoms with van der Waals surface area (Å²) in [5.41, 5.74) is 15.9. The van der Waals surface area contributed by atoms with Crippen molar-refractivity contribution >= 4 is 17.3 Å². The van der Waals surface area contributed by atoms with Gasteiger partial charge < -0.3 is 16.4 Å². The first-order chi connectivity index (χ1) is 13.0. The molecule has 1 atom stereocenters. The average Bonchev–Trinajstić information content (AvgIpc) is 2.71. The summed E-state index contributed by atoms with van der Waals surface area (Å²) in [6, 6.07) is 12.9. The van der Waals surface area contributed by atoms with E-state index in [2.05, 4.69) is 9.98 Å². The first-order valence-electron chi connectivity index (χ1n) is 9.03. The summed E-state index contributed by atoms with van der Waals surface area (Å²) in [6.07, 6.45) is 3.88. The minimum Gasteiger partial charge on any atom is -0.404 e. The van der Waals surface area contributed by atoms with Crippen LogP contribution in [0, 0.1) is 6.92 Å². The molecule has 142 valence electrons. The van der Waals surface area contributed by atoms with Crippen LogP contribution < -0.4 is 21.4 Å². The fourth-order valence-corrected chi connectivity index (χ4v) is 2.95. The zero-order valence-electron chi connectivity index (χ0n) is 16.1. The highest BCUT2D eigenvalue weighted by Gasteiger charge is 2.26. The fraction of sp³-hybridized carbons (Fsp3) is 0.286. The topological polar surface area (TPSA) is 99.2 Å². The number of carbonyl (C=O) groups excluding carboxylic acids is 1. The van der Waals surface area contributed by atoms with E-state index in [0.717, 1.165) is 29.0 Å². The maximum absolute atomic E-state index is 13.2. The molecule has 2 aromatic rings. The van der Waals surface area contributed by atoms with Crippen LogP contribution in [0.5, 0.6) is 0 Å². The lowest BCUT2D eigenvalue weighted by Crippen LogP contribution is -2.72. The number of hydrogen-bond donors (Lipinski definition) is 3. The van der Waals surface area contributed by atoms with Gasteiger partial charge in [-0.25, -0.2) is 4.99 Å². The normalized spacial score (nSPS) is 13.3. The third-order valence-corrected chi connectivity index (χ3v) is 4.49. The predicted molar refractivity (Wildman–Crippen MR) is 110 cm³/mol. The molecular formula is C21H28N5O+. The number of benzene rings is 1. The zero-order chi connectivity index (χ0) is 19.8. The van der Waals surface area contributed by atoms with Crippen molar-refractivity contribution in [3.8, 4) is 0 Å². The summed E-state index contributed by atoms with van der Waals surface area (Å²) in [4.78, 5) is 22.3. The Kier molecular flexibility index (Phi) is 7.25. The number of amides is 1. The minimum atomic E-state index is -0.190. The standard InChI is InChI=1S/C21H27N5O/c1-4-17(23)20(24-3)16(13-22)14-26(19-11-6-5-9-15(19)2)21(27)18-10-7-8-12-25-18/h5-13,17H,4,14,22-23H2,1-3H3/p+1. The van der Waals surface area contributed by atoms with E-state index in [1.165, 1.54) is 6.20 Å². The van der Waals surface area contributed by atoms with E-state index >= 15 is 0 Å². The summed E-state index contributed by atoms with van der Waals surface area (Å²) in [6.45, 7) is 4.27. The highest BCUT2D eigenvalue weighted by molar-refractivity contribution is 6.08. The zero-order valence-corrected chi connectivity index (χ0v) is 16.1. The van der Waals surface area contributed by atoms with Crippen LogP contribution >= 0.6 is 0 Å². The van der Waals surface area contributed by atoms with E-state index in [1.54, 1.807) is 29.3 Å². The molecule has 0 aliphatic heterocycles. The van der Waals surface area contributed by atoms with Gasteiger partial charge in [-0.15, -0.1) is 0 Å². The quantitative estimate of drug-likeness (QED) is 0.630. The molecule has 0 saturated carbocycles. The van der Waals surface area contributed by atoms with E-state index in [4.69, 9.17) is 11.5 Å². The van der Waals surface area contributed by atoms with Gasteiger partial charge >= 0.3 is 0 Å². The van der Waals surface area contributed by atoms with Crippen LogP contribution in [0.4, 0.5) is 5.69 Å². The number of nitrogens with zero attached hydrogens (tertiary/aromatic N) is 2. The number of aromatic nitrogens is 1. The summed E-state index contributed by atoms with van der Waals surface area (Å²) in [5, 5.41) is 0. The van der Waals surface area contributed by atoms with Gasteiger partial charge in [0, 0.05) is 18.1 Å². The number of rotatable bonds is 7. The Bertz CT molecular complexity index is 829. The molecule has 0 aliphatic rings. The van der Waals surface area contributed by atoms with E-state index in [9.17, 15) is 4.79 Å². The van der Waals surface area contributed by atoms with Gasteiger partial charge in [0.1, 0.15) is 12.7 Å². The van der Waals surface area contributed by atoms with Gasteiger partial charge in [0.25, 0.3) is 5.91 Å². The number of hydrogen-bond acceptors (Lipinski definition) is 4. The van der Waals surface area contributed by atoms with Crippen LogP contribution in [0.3, 0.4) is 0 Å². The van der Waals surface area contributed by atoms with Gasteiger partial charge in [0.15, 0.2) is 5.71 Å². The maximum Gasteiger partial charge on any atom is 0.277 e. The largest absolute Gasteiger partial charge is 0.404 e. The second kappa shape index (κ2) is 9.64. The van der Waals surface area contributed by atoms with Gasteiger partial charge in [0.2, 0.25) is 0 Å². The Morgan fingerprint density at radius 2 is 1.96 bits per heavy atom. The fourth-order valence-electron chi connectivity index (χ4n) is 2.95. The molecular weight excluding hydrogens is 338 g/mol. The van der Waals surface area contributed by atoms with Crippen molar-refractivity contribution < 1.29 is 9.79 Å². The molecule has 1 amide bonds. The number of para-hydroxylation sites is 1. The van der Waals surface area contributed by atoms with E-state index in [-0.39, 0.29) is 11.9 Å². The van der Waals surface area contributed by atoms with Gasteiger partial charge in [-0.1, -0.05) is 31.2 Å². The number of nitrogens with two attached hydrogens (primary N) is 2. The van der Waals surface area contributed by atoms with Crippen molar-refractivity contribution in [2.24, 2.45) is 11.5 Å². The van der Waals surface area contributed by atoms with Crippen molar-refractivity contribution in [1.82, 2.24) is 4.98 Å². The lowest BCUT2D eigenvalue weighted by atomic mass is 10.0. The van der Waals surface area contributed by atoms with E-state index < -0.39 is 0 Å². The Morgan fingerprint density at radius 1 is 1.26 bits per heavy atom. The van der Waals surface area contributed by atoms with Crippen molar-refractivity contribution in [3.63, 3.8) is 0 Å². The van der Waals surface area contributed by atoms with Crippen molar-refractivity contribution in [2.45, 2.75) is 26.3 Å². The highest BCUT2D eigenvalue weighted by atomic mass is 16.2. The van der Waals surface area contributed by atoms with Gasteiger partial charge in [-0.2, -0.15) is 0 Å². The molecule has 0 aliphatic carbocycles. The van der Waals surface area contributed by atoms with Crippen molar-refractivity contribution in [3.05, 3.63) is 71.7 Å². The summed E-state index contributed by atoms with van der Waals surface area (Å²) < 4.78 is 0. The molecule has 1 heterocycles. The van der Waals surface area contributed by atoms with Gasteiger partial charge in [0.05, 0.1) is 18.2 Å². The van der Waals surface area contributed by atoms with Crippen LogP contribution in [-0.2, 0) is 0 Å². The lowest BCUT2D eigenvalue weighted by molar-refractivity contribution is -0.421. The number of carbonyl (C=O) groups is 1. The molecule has 1 unspecified atom stereocenters. The average molecular weight is 366 g/mol. The number of pyridine rings is 1. The van der Waals surface area contributed by atoms with Crippen LogP contribution in [-0.4, -0.2) is 36.2 Å². The third kappa shape index (κ3) is 4.80. The Labute approximate surface area is 160 Å². The lowest BCUT2D eigenvalue weighted by Gasteiger charge is -2.25. The van der Waals surface area contributed by atoms with Crippen LogP contribution in [0.1, 0.15) is 29.4 Å². The van der Waals surface area contributed by atoms with E-state index in [1.807, 2.05) is 45.2 Å². The van der Waals surface area contributed by atoms with Crippen LogP contribution in [0.15, 0.2) is 60.4 Å². The number of nitrogens with one attached hydrogen (secondary N) is 1. The molecule has 2 rings (SSSR count). The molecule has 0 fully saturated rings. The molecule has 6 heteroatoms. The Hall–Kier alpha value is -2.99. The van der Waals surface area contributed by atoms with Crippen molar-refractivity contribution in [2.75, 3.05) is 18.5 Å². The van der Waals surface area contributed by atoms with Crippen LogP contribution in [0.2, 0.25) is 0 Å². The SMILES string of the molecule is CCC(N)C(=[NH+]C)C(=CN)CN(C(=O)c1ccccn1)c1ccccc1C. The molecule has 6 nitrogen and oxygen atoms in total. The molecule has 0 radical (unpaired) electrons. The molecule has 0 spiro atoms. The second-order valence-corrected chi connectivity index (χ2v) is 6.26. The summed E-state index contributed by atoms with van der Waals surface area (Å²) in [7, 11) is 1.81. The highest BCUT2D eigenvalue weighted by Crippen LogP contribution is 2.22. The smallest absolute Gasteiger partial charge is 0.277 e. The minimum absolute atomic E-state index is 0.187. The van der Waals surface area contributed by atoms with Gasteiger partial charge in [-0.3, -0.25) is 9.78 Å². The molecule has 0 bridgehead atoms. The molecule has 5 N–H and O–H groups in total. The number of anilines is 1. The van der Waals surface area contributed by atoms with Crippen LogP contribution in [0.25, 0.3) is 0 Å². The van der Waals surface area contributed by atoms with Crippen molar-refractivity contribution in [1.29, 1.82) is 0 Å². The first-order valence-corrected chi connectivity index (χ1v) is 9.03. The number of aryl methyl sites for hydroxylation is 1. The Morgan fingerprint density at radius 3 is 2.52 bits per heavy atom. The maximum atomic E-state index is 13.2. The molecule has 0 saturated heterocycles.